The number of rotatable bonds is 23. The van der Waals surface area contributed by atoms with E-state index in [9.17, 15) is 24.0 Å². The van der Waals surface area contributed by atoms with Crippen molar-refractivity contribution in [3.05, 3.63) is 23.8 Å². The number of carbonyl (C=O) groups excluding carboxylic acids is 5. The first-order valence-corrected chi connectivity index (χ1v) is 15.8. The highest BCUT2D eigenvalue weighted by Crippen LogP contribution is 2.29. The lowest BCUT2D eigenvalue weighted by Gasteiger charge is -2.35. The second kappa shape index (κ2) is 21.2. The number of nitrogens with one attached hydrogen (secondary N) is 1. The van der Waals surface area contributed by atoms with Gasteiger partial charge in [0.15, 0.2) is 11.5 Å². The van der Waals surface area contributed by atoms with Crippen molar-refractivity contribution in [2.24, 2.45) is 17.8 Å². The third kappa shape index (κ3) is 17.4. The predicted octanol–water partition coefficient (Wildman–Crippen LogP) is 5.46. The number of amides is 1. The summed E-state index contributed by atoms with van der Waals surface area (Å²) in [5.41, 5.74) is -0.611. The van der Waals surface area contributed by atoms with Crippen molar-refractivity contribution in [1.29, 1.82) is 0 Å². The maximum atomic E-state index is 13.3. The van der Waals surface area contributed by atoms with Crippen LogP contribution in [-0.2, 0) is 33.4 Å². The summed E-state index contributed by atoms with van der Waals surface area (Å²) in [6.45, 7) is 12.6. The number of carbonyl (C=O) groups is 5. The van der Waals surface area contributed by atoms with Gasteiger partial charge in [-0.3, -0.25) is 24.0 Å². The van der Waals surface area contributed by atoms with Crippen molar-refractivity contribution < 1.29 is 47.7 Å². The van der Waals surface area contributed by atoms with Crippen LogP contribution in [0.4, 0.5) is 0 Å². The van der Waals surface area contributed by atoms with E-state index in [0.717, 1.165) is 0 Å². The summed E-state index contributed by atoms with van der Waals surface area (Å²) in [5.74, 6) is -0.248. The van der Waals surface area contributed by atoms with Gasteiger partial charge in [-0.25, -0.2) is 0 Å². The molecule has 1 rings (SSSR count). The molecule has 1 aromatic rings. The Balaban J connectivity index is 3.04. The van der Waals surface area contributed by atoms with Gasteiger partial charge < -0.3 is 29.0 Å². The molecule has 0 aliphatic heterocycles. The van der Waals surface area contributed by atoms with E-state index >= 15 is 0 Å². The Morgan fingerprint density at radius 1 is 0.733 bits per heavy atom. The molecule has 1 N–H and O–H groups in total. The Hall–Kier alpha value is -3.63. The average molecular weight is 636 g/mol. The molecule has 0 saturated heterocycles. The summed E-state index contributed by atoms with van der Waals surface area (Å²) in [7, 11) is 1.47. The lowest BCUT2D eigenvalue weighted by atomic mass is 9.83. The molecule has 1 amide bonds. The third-order valence-corrected chi connectivity index (χ3v) is 6.69. The minimum Gasteiger partial charge on any atom is -0.493 e. The van der Waals surface area contributed by atoms with E-state index < -0.39 is 23.4 Å². The number of esters is 3. The van der Waals surface area contributed by atoms with Crippen molar-refractivity contribution in [3.8, 4) is 11.5 Å². The molecule has 0 aliphatic rings. The monoisotopic (exact) mass is 635 g/mol. The van der Waals surface area contributed by atoms with Crippen LogP contribution in [0.3, 0.4) is 0 Å². The zero-order valence-corrected chi connectivity index (χ0v) is 28.1. The van der Waals surface area contributed by atoms with E-state index in [-0.39, 0.29) is 95.0 Å². The van der Waals surface area contributed by atoms with E-state index in [4.69, 9.17) is 23.7 Å². The van der Waals surface area contributed by atoms with Gasteiger partial charge in [0.25, 0.3) is 0 Å². The number of benzene rings is 1. The van der Waals surface area contributed by atoms with Crippen LogP contribution in [0, 0.1) is 17.8 Å². The molecule has 0 aromatic heterocycles. The summed E-state index contributed by atoms with van der Waals surface area (Å²) in [6.07, 6.45) is 1.64. The summed E-state index contributed by atoms with van der Waals surface area (Å²) < 4.78 is 27.1. The van der Waals surface area contributed by atoms with Crippen LogP contribution in [-0.4, -0.2) is 69.2 Å². The van der Waals surface area contributed by atoms with Gasteiger partial charge in [-0.15, -0.1) is 0 Å². The van der Waals surface area contributed by atoms with Crippen LogP contribution in [0.2, 0.25) is 0 Å². The Morgan fingerprint density at radius 3 is 1.60 bits per heavy atom. The van der Waals surface area contributed by atoms with Gasteiger partial charge in [-0.2, -0.15) is 0 Å². The van der Waals surface area contributed by atoms with Gasteiger partial charge >= 0.3 is 17.9 Å². The maximum absolute atomic E-state index is 13.3. The van der Waals surface area contributed by atoms with Crippen LogP contribution >= 0.6 is 0 Å². The number of methoxy groups -OCH3 is 1. The first-order chi connectivity index (χ1) is 21.3. The normalized spacial score (nSPS) is 11.3. The molecule has 0 fully saturated rings. The zero-order chi connectivity index (χ0) is 33.8. The van der Waals surface area contributed by atoms with E-state index in [1.54, 1.807) is 18.2 Å². The summed E-state index contributed by atoms with van der Waals surface area (Å²) in [5, 5.41) is 3.05. The van der Waals surface area contributed by atoms with E-state index in [1.807, 2.05) is 41.5 Å². The molecule has 45 heavy (non-hydrogen) atoms. The molecule has 0 aliphatic carbocycles. The lowest BCUT2D eigenvalue weighted by Crippen LogP contribution is -2.49. The zero-order valence-electron chi connectivity index (χ0n) is 28.1. The molecule has 0 bridgehead atoms. The highest BCUT2D eigenvalue weighted by Gasteiger charge is 2.34. The van der Waals surface area contributed by atoms with Gasteiger partial charge in [0.05, 0.1) is 33.5 Å². The van der Waals surface area contributed by atoms with Gasteiger partial charge in [0.2, 0.25) is 5.91 Å². The molecule has 0 spiro atoms. The van der Waals surface area contributed by atoms with Crippen molar-refractivity contribution >= 4 is 30.1 Å². The van der Waals surface area contributed by atoms with E-state index in [0.29, 0.717) is 29.8 Å². The Kier molecular flexibility index (Phi) is 18.5. The minimum atomic E-state index is -1.06. The third-order valence-electron chi connectivity index (χ3n) is 6.69. The Morgan fingerprint density at radius 2 is 1.20 bits per heavy atom. The maximum Gasteiger partial charge on any atom is 0.305 e. The molecule has 0 radical (unpaired) electrons. The largest absolute Gasteiger partial charge is 0.493 e. The second-order valence-corrected chi connectivity index (χ2v) is 12.5. The van der Waals surface area contributed by atoms with Gasteiger partial charge in [0.1, 0.15) is 6.29 Å². The van der Waals surface area contributed by atoms with Gasteiger partial charge in [0, 0.05) is 36.8 Å². The van der Waals surface area contributed by atoms with Gasteiger partial charge in [-0.1, -0.05) is 41.5 Å². The molecule has 0 unspecified atom stereocenters. The molecule has 0 heterocycles. The van der Waals surface area contributed by atoms with Crippen LogP contribution in [0.15, 0.2) is 18.2 Å². The quantitative estimate of drug-likeness (QED) is 0.0712. The molecule has 11 nitrogen and oxygen atoms in total. The smallest absolute Gasteiger partial charge is 0.305 e. The fourth-order valence-electron chi connectivity index (χ4n) is 4.23. The first kappa shape index (κ1) is 39.4. The first-order valence-electron chi connectivity index (χ1n) is 15.8. The molecule has 254 valence electrons. The number of hydrogen-bond donors (Lipinski definition) is 1. The van der Waals surface area contributed by atoms with Gasteiger partial charge in [-0.05, 0) is 61.6 Å². The number of ether oxygens (including phenoxy) is 5. The standard InChI is InChI=1S/C34H53NO10/c1-24(2)21-43-31(38)12-15-34(16-13-32(39)44-22-25(3)4,17-14-33(40)45-23-26(5)6)35-30(37)9-8-18-42-28-11-10-27(20-36)19-29(28)41-7/h10-11,19-20,24-26H,8-9,12-18,21-23H2,1-7H3,(H,35,37). The van der Waals surface area contributed by atoms with Crippen LogP contribution in [0.1, 0.15) is 103 Å². The van der Waals surface area contributed by atoms with Crippen molar-refractivity contribution in [3.63, 3.8) is 0 Å². The molecule has 0 atom stereocenters. The van der Waals surface area contributed by atoms with Crippen molar-refractivity contribution in [1.82, 2.24) is 5.32 Å². The summed E-state index contributed by atoms with van der Waals surface area (Å²) in [6, 6.07) is 4.80. The van der Waals surface area contributed by atoms with Crippen LogP contribution < -0.4 is 14.8 Å². The Labute approximate surface area is 268 Å². The lowest BCUT2D eigenvalue weighted by molar-refractivity contribution is -0.146. The molecule has 0 saturated carbocycles. The van der Waals surface area contributed by atoms with E-state index in [2.05, 4.69) is 5.32 Å². The summed E-state index contributed by atoms with van der Waals surface area (Å²) in [4.78, 5) is 62.1. The SMILES string of the molecule is COc1cc(C=O)ccc1OCCCC(=O)NC(CCC(=O)OCC(C)C)(CCC(=O)OCC(C)C)CCC(=O)OCC(C)C. The average Bonchev–Trinajstić information content (AvgIpc) is 3.00. The summed E-state index contributed by atoms with van der Waals surface area (Å²) >= 11 is 0. The van der Waals surface area contributed by atoms with E-state index in [1.165, 1.54) is 7.11 Å². The molecular weight excluding hydrogens is 582 g/mol. The Bertz CT molecular complexity index is 1010. The second-order valence-electron chi connectivity index (χ2n) is 12.5. The minimum absolute atomic E-state index is 0.00519. The van der Waals surface area contributed by atoms with Crippen LogP contribution in [0.25, 0.3) is 0 Å². The van der Waals surface area contributed by atoms with Crippen molar-refractivity contribution in [2.75, 3.05) is 33.5 Å². The van der Waals surface area contributed by atoms with Crippen LogP contribution in [0.5, 0.6) is 11.5 Å². The fraction of sp³-hybridized carbons (Fsp3) is 0.676. The highest BCUT2D eigenvalue weighted by atomic mass is 16.5. The predicted molar refractivity (Wildman–Crippen MR) is 169 cm³/mol. The molecular formula is C34H53NO10. The van der Waals surface area contributed by atoms with Crippen molar-refractivity contribution in [2.45, 2.75) is 98.4 Å². The molecule has 1 aromatic carbocycles. The number of hydrogen-bond acceptors (Lipinski definition) is 10. The molecule has 11 heteroatoms. The topological polar surface area (TPSA) is 144 Å². The fourth-order valence-corrected chi connectivity index (χ4v) is 4.23. The number of aldehydes is 1. The highest BCUT2D eigenvalue weighted by molar-refractivity contribution is 5.78.